The van der Waals surface area contributed by atoms with E-state index in [9.17, 15) is 13.2 Å². The van der Waals surface area contributed by atoms with Crippen molar-refractivity contribution in [3.63, 3.8) is 0 Å². The van der Waals surface area contributed by atoms with Gasteiger partial charge >= 0.3 is 6.18 Å². The van der Waals surface area contributed by atoms with Gasteiger partial charge in [0.25, 0.3) is 0 Å². The zero-order valence-corrected chi connectivity index (χ0v) is 13.7. The molecule has 2 rings (SSSR count). The first-order valence-corrected chi connectivity index (χ1v) is 7.83. The maximum absolute atomic E-state index is 12.7. The number of benzene rings is 1. The van der Waals surface area contributed by atoms with Crippen LogP contribution in [0.1, 0.15) is 16.0 Å². The van der Waals surface area contributed by atoms with Gasteiger partial charge in [-0.15, -0.1) is 11.3 Å². The van der Waals surface area contributed by atoms with Gasteiger partial charge in [-0.3, -0.25) is 0 Å². The third-order valence-electron chi connectivity index (χ3n) is 2.69. The maximum atomic E-state index is 12.7. The second-order valence-corrected chi connectivity index (χ2v) is 6.56. The van der Waals surface area contributed by atoms with Crippen LogP contribution in [0.3, 0.4) is 0 Å². The average Bonchev–Trinajstić information content (AvgIpc) is 2.80. The van der Waals surface area contributed by atoms with Crippen LogP contribution in [-0.2, 0) is 12.7 Å². The minimum Gasteiger partial charge on any atom is -0.389 e. The van der Waals surface area contributed by atoms with Crippen molar-refractivity contribution in [2.45, 2.75) is 12.7 Å². The fourth-order valence-electron chi connectivity index (χ4n) is 1.71. The lowest BCUT2D eigenvalue weighted by Crippen LogP contribution is -2.15. The van der Waals surface area contributed by atoms with Gasteiger partial charge in [-0.05, 0) is 40.2 Å². The number of rotatable bonds is 4. The molecule has 0 aliphatic rings. The molecule has 0 saturated carbocycles. The van der Waals surface area contributed by atoms with Crippen LogP contribution in [-0.4, -0.2) is 4.99 Å². The third kappa shape index (κ3) is 4.18. The maximum Gasteiger partial charge on any atom is 0.416 e. The van der Waals surface area contributed by atoms with Crippen molar-refractivity contribution in [1.29, 1.82) is 0 Å². The molecular formula is C13H10BrF3N2S2. The normalized spacial score (nSPS) is 11.4. The lowest BCUT2D eigenvalue weighted by Gasteiger charge is -2.14. The Kier molecular flexibility index (Phi) is 4.90. The predicted octanol–water partition coefficient (Wildman–Crippen LogP) is 4.78. The van der Waals surface area contributed by atoms with Crippen LogP contribution in [0.5, 0.6) is 0 Å². The van der Waals surface area contributed by atoms with Crippen LogP contribution in [0.25, 0.3) is 0 Å². The summed E-state index contributed by atoms with van der Waals surface area (Å²) < 4.78 is 39.1. The first-order valence-electron chi connectivity index (χ1n) is 5.75. The van der Waals surface area contributed by atoms with Gasteiger partial charge < -0.3 is 11.1 Å². The Morgan fingerprint density at radius 2 is 2.05 bits per heavy atom. The molecule has 0 aliphatic carbocycles. The number of hydrogen-bond acceptors (Lipinski definition) is 3. The highest BCUT2D eigenvalue weighted by Crippen LogP contribution is 2.32. The summed E-state index contributed by atoms with van der Waals surface area (Å²) in [5.41, 5.74) is 5.43. The predicted molar refractivity (Wildman–Crippen MR) is 86.7 cm³/mol. The highest BCUT2D eigenvalue weighted by atomic mass is 79.9. The van der Waals surface area contributed by atoms with E-state index in [4.69, 9.17) is 18.0 Å². The summed E-state index contributed by atoms with van der Waals surface area (Å²) >= 11 is 9.71. The van der Waals surface area contributed by atoms with Crippen molar-refractivity contribution in [2.75, 3.05) is 5.32 Å². The molecule has 2 nitrogen and oxygen atoms in total. The molecule has 1 aromatic heterocycles. The van der Waals surface area contributed by atoms with Crippen molar-refractivity contribution in [2.24, 2.45) is 5.73 Å². The van der Waals surface area contributed by atoms with Crippen LogP contribution in [0.4, 0.5) is 18.9 Å². The molecule has 0 unspecified atom stereocenters. The molecule has 0 saturated heterocycles. The molecule has 0 fully saturated rings. The molecule has 0 spiro atoms. The first-order chi connectivity index (χ1) is 9.77. The van der Waals surface area contributed by atoms with E-state index >= 15 is 0 Å². The molecule has 0 amide bonds. The quantitative estimate of drug-likeness (QED) is 0.733. The lowest BCUT2D eigenvalue weighted by molar-refractivity contribution is -0.137. The van der Waals surface area contributed by atoms with E-state index in [1.807, 2.05) is 11.4 Å². The summed E-state index contributed by atoms with van der Waals surface area (Å²) in [6, 6.07) is 5.26. The van der Waals surface area contributed by atoms with E-state index in [1.165, 1.54) is 17.4 Å². The minimum absolute atomic E-state index is 0.0732. The van der Waals surface area contributed by atoms with E-state index in [2.05, 4.69) is 21.2 Å². The molecule has 2 aromatic rings. The van der Waals surface area contributed by atoms with Crippen molar-refractivity contribution in [3.05, 3.63) is 50.1 Å². The van der Waals surface area contributed by atoms with Crippen LogP contribution in [0.15, 0.2) is 34.1 Å². The van der Waals surface area contributed by atoms with Gasteiger partial charge in [0.05, 0.1) is 5.56 Å². The topological polar surface area (TPSA) is 38.0 Å². The number of anilines is 1. The molecule has 21 heavy (non-hydrogen) atoms. The summed E-state index contributed by atoms with van der Waals surface area (Å²) in [4.78, 5) is 0.964. The smallest absolute Gasteiger partial charge is 0.389 e. The monoisotopic (exact) mass is 394 g/mol. The number of thiocarbonyl (C=S) groups is 1. The minimum atomic E-state index is -4.42. The standard InChI is InChI=1S/C13H10BrF3N2S2/c14-8-4-9(21-6-8)5-19-11-2-1-7(13(15,16)17)3-10(11)12(18)20/h1-4,6,19H,5H2,(H2,18,20). The Bertz CT molecular complexity index is 668. The van der Waals surface area contributed by atoms with E-state index < -0.39 is 11.7 Å². The molecule has 3 N–H and O–H groups in total. The molecular weight excluding hydrogens is 385 g/mol. The second kappa shape index (κ2) is 6.33. The van der Waals surface area contributed by atoms with E-state index in [0.29, 0.717) is 12.2 Å². The largest absolute Gasteiger partial charge is 0.416 e. The van der Waals surface area contributed by atoms with Gasteiger partial charge in [0.15, 0.2) is 0 Å². The zero-order valence-electron chi connectivity index (χ0n) is 10.5. The van der Waals surface area contributed by atoms with Gasteiger partial charge in [0.2, 0.25) is 0 Å². The van der Waals surface area contributed by atoms with Crippen molar-refractivity contribution in [3.8, 4) is 0 Å². The number of hydrogen-bond donors (Lipinski definition) is 2. The molecule has 1 heterocycles. The first kappa shape index (κ1) is 16.3. The van der Waals surface area contributed by atoms with Crippen molar-refractivity contribution in [1.82, 2.24) is 0 Å². The van der Waals surface area contributed by atoms with Gasteiger partial charge in [-0.25, -0.2) is 0 Å². The Morgan fingerprint density at radius 3 is 2.57 bits per heavy atom. The summed E-state index contributed by atoms with van der Waals surface area (Å²) in [6.45, 7) is 0.483. The highest BCUT2D eigenvalue weighted by molar-refractivity contribution is 9.10. The molecule has 0 atom stereocenters. The number of nitrogens with two attached hydrogens (primary N) is 1. The van der Waals surface area contributed by atoms with Gasteiger partial charge in [0, 0.05) is 32.5 Å². The third-order valence-corrected chi connectivity index (χ3v) is 4.60. The molecule has 0 aliphatic heterocycles. The summed E-state index contributed by atoms with van der Waals surface area (Å²) in [6.07, 6.45) is -4.42. The van der Waals surface area contributed by atoms with Crippen LogP contribution in [0, 0.1) is 0 Å². The van der Waals surface area contributed by atoms with Gasteiger partial charge in [-0.1, -0.05) is 12.2 Å². The fraction of sp³-hybridized carbons (Fsp3) is 0.154. The fourth-order valence-corrected chi connectivity index (χ4v) is 3.27. The number of alkyl halides is 3. The Balaban J connectivity index is 2.24. The second-order valence-electron chi connectivity index (χ2n) is 4.21. The Hall–Kier alpha value is -1.12. The van der Waals surface area contributed by atoms with Crippen LogP contribution >= 0.6 is 39.5 Å². The van der Waals surface area contributed by atoms with Gasteiger partial charge in [0.1, 0.15) is 4.99 Å². The Morgan fingerprint density at radius 1 is 1.33 bits per heavy atom. The molecule has 112 valence electrons. The van der Waals surface area contributed by atoms with E-state index in [-0.39, 0.29) is 10.6 Å². The van der Waals surface area contributed by atoms with E-state index in [1.54, 1.807) is 0 Å². The van der Waals surface area contributed by atoms with Crippen molar-refractivity contribution < 1.29 is 13.2 Å². The number of nitrogens with one attached hydrogen (secondary N) is 1. The SMILES string of the molecule is NC(=S)c1cc(C(F)(F)F)ccc1NCc1cc(Br)cs1. The molecule has 8 heteroatoms. The van der Waals surface area contributed by atoms with Gasteiger partial charge in [-0.2, -0.15) is 13.2 Å². The Labute approximate surface area is 137 Å². The number of halogens is 4. The van der Waals surface area contributed by atoms with E-state index in [0.717, 1.165) is 21.5 Å². The summed E-state index contributed by atoms with van der Waals surface area (Å²) in [7, 11) is 0. The van der Waals surface area contributed by atoms with Crippen molar-refractivity contribution >= 4 is 50.2 Å². The molecule has 0 bridgehead atoms. The summed E-state index contributed by atoms with van der Waals surface area (Å²) in [5, 5.41) is 4.99. The lowest BCUT2D eigenvalue weighted by atomic mass is 10.1. The number of thiophene rings is 1. The zero-order chi connectivity index (χ0) is 15.6. The van der Waals surface area contributed by atoms with Crippen LogP contribution in [0.2, 0.25) is 0 Å². The average molecular weight is 395 g/mol. The molecule has 0 radical (unpaired) electrons. The summed E-state index contributed by atoms with van der Waals surface area (Å²) in [5.74, 6) is 0. The molecule has 1 aromatic carbocycles. The highest BCUT2D eigenvalue weighted by Gasteiger charge is 2.31. The van der Waals surface area contributed by atoms with Crippen LogP contribution < -0.4 is 11.1 Å².